The third kappa shape index (κ3) is 8.26. The van der Waals surface area contributed by atoms with Crippen LogP contribution < -0.4 is 10.5 Å². The maximum atomic E-state index is 5.43. The molecule has 0 aliphatic heterocycles. The van der Waals surface area contributed by atoms with Gasteiger partial charge in [0.2, 0.25) is 0 Å². The first-order chi connectivity index (χ1) is 5.74. The Bertz CT molecular complexity index is 216. The van der Waals surface area contributed by atoms with Gasteiger partial charge in [-0.2, -0.15) is 13.5 Å². The van der Waals surface area contributed by atoms with Crippen LogP contribution in [0.4, 0.5) is 5.69 Å². The monoisotopic (exact) mass is 254 g/mol. The minimum Gasteiger partial charge on any atom is -0.665 e. The molecule has 2 nitrogen and oxygen atoms in total. The van der Waals surface area contributed by atoms with Crippen LogP contribution in [-0.2, 0) is 32.7 Å². The number of anilines is 1. The van der Waals surface area contributed by atoms with Crippen molar-refractivity contribution in [2.75, 3.05) is 5.73 Å². The smallest absolute Gasteiger partial charge is 0.0864 e. The summed E-state index contributed by atoms with van der Waals surface area (Å²) in [6, 6.07) is 7.12. The Labute approximate surface area is 106 Å². The zero-order valence-corrected chi connectivity index (χ0v) is 10.8. The van der Waals surface area contributed by atoms with Gasteiger partial charge >= 0.3 is 0 Å². The van der Waals surface area contributed by atoms with Crippen LogP contribution in [0.2, 0.25) is 0 Å². The summed E-state index contributed by atoms with van der Waals surface area (Å²) >= 11 is 0. The van der Waals surface area contributed by atoms with Crippen molar-refractivity contribution in [3.63, 3.8) is 0 Å². The Hall–Kier alpha value is -0.0761. The molecule has 0 saturated heterocycles. The standard InChI is InChI=1S/C7H8NO.C3H7.Y/c1-9-7-4-2-3-6(8)5-7;1-3-2;/h2-5H,1,8H2;1,3H2,2H3;/q2*-1;. The second-order valence-corrected chi connectivity index (χ2v) is 2.22. The van der Waals surface area contributed by atoms with Crippen LogP contribution in [0.15, 0.2) is 24.3 Å². The molecule has 0 spiro atoms. The SMILES string of the molecule is [CH2-]CC.[CH2-]Oc1cccc(N)c1.[Y]. The van der Waals surface area contributed by atoms with E-state index in [1.54, 1.807) is 18.2 Å². The Morgan fingerprint density at radius 2 is 2.00 bits per heavy atom. The van der Waals surface area contributed by atoms with Crippen LogP contribution in [0.1, 0.15) is 13.3 Å². The van der Waals surface area contributed by atoms with Crippen molar-refractivity contribution in [2.24, 2.45) is 0 Å². The first-order valence-corrected chi connectivity index (χ1v) is 3.81. The van der Waals surface area contributed by atoms with E-state index < -0.39 is 0 Å². The minimum absolute atomic E-state index is 0. The van der Waals surface area contributed by atoms with E-state index >= 15 is 0 Å². The molecule has 0 bridgehead atoms. The molecular weight excluding hydrogens is 239 g/mol. The fourth-order valence-electron chi connectivity index (χ4n) is 0.604. The zero-order valence-electron chi connectivity index (χ0n) is 7.99. The summed E-state index contributed by atoms with van der Waals surface area (Å²) in [5.74, 6) is 0.690. The fourth-order valence-corrected chi connectivity index (χ4v) is 0.604. The molecule has 3 heteroatoms. The summed E-state index contributed by atoms with van der Waals surface area (Å²) in [5, 5.41) is 0. The first kappa shape index (κ1) is 15.4. The van der Waals surface area contributed by atoms with Crippen molar-refractivity contribution in [1.29, 1.82) is 0 Å². The van der Waals surface area contributed by atoms with Gasteiger partial charge in [0.05, 0.1) is 5.75 Å². The van der Waals surface area contributed by atoms with Crippen molar-refractivity contribution in [3.8, 4) is 5.75 Å². The normalized spacial score (nSPS) is 7.62. The number of rotatable bonds is 1. The van der Waals surface area contributed by atoms with Crippen LogP contribution in [0.5, 0.6) is 5.75 Å². The van der Waals surface area contributed by atoms with Crippen molar-refractivity contribution < 1.29 is 37.4 Å². The Morgan fingerprint density at radius 3 is 2.31 bits per heavy atom. The van der Waals surface area contributed by atoms with E-state index in [1.807, 2.05) is 13.0 Å². The quantitative estimate of drug-likeness (QED) is 0.617. The predicted octanol–water partition coefficient (Wildman–Crippen LogP) is 2.67. The van der Waals surface area contributed by atoms with Crippen LogP contribution in [-0.4, -0.2) is 0 Å². The third-order valence-corrected chi connectivity index (χ3v) is 1.02. The Morgan fingerprint density at radius 1 is 1.46 bits per heavy atom. The number of hydrogen-bond acceptors (Lipinski definition) is 2. The number of ether oxygens (including phenoxy) is 1. The topological polar surface area (TPSA) is 35.2 Å². The average Bonchev–Trinajstić information content (AvgIpc) is 2.06. The van der Waals surface area contributed by atoms with E-state index in [0.717, 1.165) is 6.42 Å². The zero-order chi connectivity index (χ0) is 9.40. The molecule has 13 heavy (non-hydrogen) atoms. The summed E-state index contributed by atoms with van der Waals surface area (Å²) in [7, 11) is 3.24. The fraction of sp³-hybridized carbons (Fsp3) is 0.200. The molecule has 1 aromatic carbocycles. The summed E-state index contributed by atoms with van der Waals surface area (Å²) < 4.78 is 4.66. The van der Waals surface area contributed by atoms with Gasteiger partial charge in [-0.1, -0.05) is 13.0 Å². The molecule has 0 unspecified atom stereocenters. The third-order valence-electron chi connectivity index (χ3n) is 1.02. The van der Waals surface area contributed by atoms with Crippen LogP contribution >= 0.6 is 0 Å². The molecule has 1 radical (unpaired) electrons. The van der Waals surface area contributed by atoms with Gasteiger partial charge in [-0.3, -0.25) is 0 Å². The number of hydrogen-bond donors (Lipinski definition) is 1. The van der Waals surface area contributed by atoms with Gasteiger partial charge in [0.25, 0.3) is 0 Å². The van der Waals surface area contributed by atoms with E-state index in [1.165, 1.54) is 0 Å². The molecule has 2 N–H and O–H groups in total. The van der Waals surface area contributed by atoms with Crippen molar-refractivity contribution in [3.05, 3.63) is 38.3 Å². The van der Waals surface area contributed by atoms with Gasteiger partial charge in [0.15, 0.2) is 0 Å². The summed E-state index contributed by atoms with van der Waals surface area (Å²) in [5.41, 5.74) is 6.12. The molecule has 1 aromatic rings. The number of nitrogens with two attached hydrogens (primary N) is 1. The van der Waals surface area contributed by atoms with E-state index in [4.69, 9.17) is 5.73 Å². The second-order valence-electron chi connectivity index (χ2n) is 2.22. The van der Waals surface area contributed by atoms with Crippen LogP contribution in [0, 0.1) is 14.0 Å². The Balaban J connectivity index is 0. The first-order valence-electron chi connectivity index (χ1n) is 3.81. The Kier molecular flexibility index (Phi) is 11.9. The molecule has 0 atom stereocenters. The number of nitrogen functional groups attached to an aromatic ring is 1. The molecule has 0 aromatic heterocycles. The molecule has 1 rings (SSSR count). The molecule has 0 fully saturated rings. The van der Waals surface area contributed by atoms with Gasteiger partial charge in [-0.05, 0) is 12.1 Å². The van der Waals surface area contributed by atoms with E-state index in [0.29, 0.717) is 11.4 Å². The molecule has 0 aliphatic rings. The van der Waals surface area contributed by atoms with Crippen molar-refractivity contribution in [1.82, 2.24) is 0 Å². The molecule has 0 amide bonds. The van der Waals surface area contributed by atoms with Crippen molar-refractivity contribution >= 4 is 5.69 Å². The summed E-state index contributed by atoms with van der Waals surface area (Å²) in [6.07, 6.45) is 1.00. The van der Waals surface area contributed by atoms with Gasteiger partial charge < -0.3 is 17.4 Å². The average molecular weight is 254 g/mol. The van der Waals surface area contributed by atoms with E-state index in [9.17, 15) is 0 Å². The van der Waals surface area contributed by atoms with Gasteiger partial charge in [0.1, 0.15) is 0 Å². The molecular formula is C10H15NOY-2. The maximum absolute atomic E-state index is 5.43. The van der Waals surface area contributed by atoms with E-state index in [2.05, 4.69) is 18.8 Å². The van der Waals surface area contributed by atoms with Gasteiger partial charge in [-0.15, -0.1) is 0 Å². The molecule has 0 aliphatic carbocycles. The largest absolute Gasteiger partial charge is 0.665 e. The van der Waals surface area contributed by atoms with Gasteiger partial charge in [-0.25, -0.2) is 0 Å². The van der Waals surface area contributed by atoms with Gasteiger partial charge in [0, 0.05) is 44.5 Å². The molecule has 0 saturated carbocycles. The predicted molar refractivity (Wildman–Crippen MR) is 52.5 cm³/mol. The second kappa shape index (κ2) is 10.0. The van der Waals surface area contributed by atoms with Crippen molar-refractivity contribution in [2.45, 2.75) is 13.3 Å². The summed E-state index contributed by atoms with van der Waals surface area (Å²) in [4.78, 5) is 0. The molecule has 71 valence electrons. The minimum atomic E-state index is 0. The number of benzene rings is 1. The van der Waals surface area contributed by atoms with Crippen LogP contribution in [0.3, 0.4) is 0 Å². The summed E-state index contributed by atoms with van der Waals surface area (Å²) in [6.45, 7) is 5.50. The van der Waals surface area contributed by atoms with Crippen LogP contribution in [0.25, 0.3) is 0 Å². The maximum Gasteiger partial charge on any atom is 0.0864 e. The van der Waals surface area contributed by atoms with E-state index in [-0.39, 0.29) is 32.7 Å². The molecule has 0 heterocycles.